The van der Waals surface area contributed by atoms with E-state index in [4.69, 9.17) is 31.8 Å². The summed E-state index contributed by atoms with van der Waals surface area (Å²) >= 11 is 6.24. The summed E-state index contributed by atoms with van der Waals surface area (Å²) in [4.78, 5) is 22.6. The smallest absolute Gasteiger partial charge is 0.255 e. The third-order valence-electron chi connectivity index (χ3n) is 5.25. The van der Waals surface area contributed by atoms with Crippen LogP contribution in [0.2, 0.25) is 5.02 Å². The van der Waals surface area contributed by atoms with Crippen LogP contribution < -0.4 is 20.8 Å². The summed E-state index contributed by atoms with van der Waals surface area (Å²) in [6.45, 7) is 1.85. The van der Waals surface area contributed by atoms with E-state index >= 15 is 0 Å². The van der Waals surface area contributed by atoms with Gasteiger partial charge in [0, 0.05) is 54.0 Å². The molecule has 0 spiro atoms. The first-order valence-corrected chi connectivity index (χ1v) is 9.97. The number of hydrogen-bond acceptors (Lipinski definition) is 6. The molecule has 156 valence electrons. The fourth-order valence-corrected chi connectivity index (χ4v) is 3.99. The Morgan fingerprint density at radius 1 is 1.20 bits per heavy atom. The molecule has 30 heavy (non-hydrogen) atoms. The summed E-state index contributed by atoms with van der Waals surface area (Å²) in [6, 6.07) is 10.9. The molecular formula is C22H23ClN4O3. The first kappa shape index (κ1) is 20.3. The number of anilines is 1. The standard InChI is InChI=1S/C22H23ClN4O3/c1-29-19-10-15(23)9-14(20(19)30-2)11-27-8-7-18-17(12-27)22(28)26-21(25-18)13-3-5-16(24)6-4-13/h3-6,9-10H,7-8,11-12,24H2,1-2H3,(H,25,26,28). The van der Waals surface area contributed by atoms with Crippen LogP contribution in [-0.4, -0.2) is 35.6 Å². The van der Waals surface area contributed by atoms with Crippen molar-refractivity contribution in [2.45, 2.75) is 19.5 Å². The average molecular weight is 427 g/mol. The van der Waals surface area contributed by atoms with Crippen LogP contribution in [0.1, 0.15) is 16.8 Å². The van der Waals surface area contributed by atoms with Crippen LogP contribution in [0.5, 0.6) is 11.5 Å². The molecule has 0 saturated carbocycles. The van der Waals surface area contributed by atoms with Crippen molar-refractivity contribution < 1.29 is 9.47 Å². The molecule has 3 aromatic rings. The largest absolute Gasteiger partial charge is 0.493 e. The minimum absolute atomic E-state index is 0.118. The summed E-state index contributed by atoms with van der Waals surface area (Å²) in [6.07, 6.45) is 0.682. The molecule has 0 radical (unpaired) electrons. The summed E-state index contributed by atoms with van der Waals surface area (Å²) < 4.78 is 10.9. The van der Waals surface area contributed by atoms with Crippen LogP contribution in [0.25, 0.3) is 11.4 Å². The molecule has 2 aromatic carbocycles. The van der Waals surface area contributed by atoms with E-state index in [9.17, 15) is 4.79 Å². The van der Waals surface area contributed by atoms with Gasteiger partial charge in [-0.3, -0.25) is 9.69 Å². The molecule has 8 heteroatoms. The zero-order valence-corrected chi connectivity index (χ0v) is 17.6. The molecule has 0 unspecified atom stereocenters. The Kier molecular flexibility index (Phi) is 5.65. The molecule has 1 aliphatic heterocycles. The monoisotopic (exact) mass is 426 g/mol. The lowest BCUT2D eigenvalue weighted by Gasteiger charge is -2.28. The number of hydrogen-bond donors (Lipinski definition) is 2. The zero-order chi connectivity index (χ0) is 21.3. The van der Waals surface area contributed by atoms with E-state index in [2.05, 4.69) is 9.88 Å². The molecule has 4 rings (SSSR count). The highest BCUT2D eigenvalue weighted by Gasteiger charge is 2.23. The van der Waals surface area contributed by atoms with Gasteiger partial charge in [0.15, 0.2) is 11.5 Å². The van der Waals surface area contributed by atoms with E-state index < -0.39 is 0 Å². The lowest BCUT2D eigenvalue weighted by atomic mass is 10.0. The van der Waals surface area contributed by atoms with Crippen LogP contribution >= 0.6 is 11.6 Å². The highest BCUT2D eigenvalue weighted by molar-refractivity contribution is 6.30. The minimum Gasteiger partial charge on any atom is -0.493 e. The summed E-state index contributed by atoms with van der Waals surface area (Å²) in [5.74, 6) is 1.80. The third kappa shape index (κ3) is 3.99. The summed E-state index contributed by atoms with van der Waals surface area (Å²) in [5, 5.41) is 0.577. The molecule has 0 aliphatic carbocycles. The van der Waals surface area contributed by atoms with E-state index in [0.29, 0.717) is 53.1 Å². The number of H-pyrrole nitrogens is 1. The van der Waals surface area contributed by atoms with Gasteiger partial charge >= 0.3 is 0 Å². The Balaban J connectivity index is 1.60. The number of aromatic nitrogens is 2. The minimum atomic E-state index is -0.118. The Morgan fingerprint density at radius 3 is 2.67 bits per heavy atom. The van der Waals surface area contributed by atoms with Gasteiger partial charge in [0.1, 0.15) is 5.82 Å². The molecule has 2 heterocycles. The average Bonchev–Trinajstić information content (AvgIpc) is 2.74. The van der Waals surface area contributed by atoms with E-state index in [0.717, 1.165) is 23.4 Å². The number of nitrogens with one attached hydrogen (secondary N) is 1. The molecule has 3 N–H and O–H groups in total. The van der Waals surface area contributed by atoms with Gasteiger partial charge in [-0.2, -0.15) is 0 Å². The van der Waals surface area contributed by atoms with Crippen molar-refractivity contribution in [3.8, 4) is 22.9 Å². The van der Waals surface area contributed by atoms with E-state index in [1.165, 1.54) is 0 Å². The van der Waals surface area contributed by atoms with Crippen LogP contribution in [0.4, 0.5) is 5.69 Å². The van der Waals surface area contributed by atoms with Crippen LogP contribution in [0, 0.1) is 0 Å². The first-order chi connectivity index (χ1) is 14.5. The SMILES string of the molecule is COc1cc(Cl)cc(CN2CCc3nc(-c4ccc(N)cc4)[nH]c(=O)c3C2)c1OC. The van der Waals surface area contributed by atoms with Crippen molar-refractivity contribution in [2.24, 2.45) is 0 Å². The maximum Gasteiger partial charge on any atom is 0.255 e. The quantitative estimate of drug-likeness (QED) is 0.608. The maximum absolute atomic E-state index is 12.8. The molecule has 0 bridgehead atoms. The lowest BCUT2D eigenvalue weighted by Crippen LogP contribution is -2.35. The normalized spacial score (nSPS) is 13.7. The molecule has 0 fully saturated rings. The van der Waals surface area contributed by atoms with Crippen LogP contribution in [-0.2, 0) is 19.5 Å². The molecule has 7 nitrogen and oxygen atoms in total. The van der Waals surface area contributed by atoms with Gasteiger partial charge < -0.3 is 20.2 Å². The number of halogens is 1. The maximum atomic E-state index is 12.8. The second-order valence-electron chi connectivity index (χ2n) is 7.22. The van der Waals surface area contributed by atoms with Crippen molar-refractivity contribution in [1.29, 1.82) is 0 Å². The fraction of sp³-hybridized carbons (Fsp3) is 0.273. The van der Waals surface area contributed by atoms with E-state index in [-0.39, 0.29) is 5.56 Å². The number of nitrogen functional groups attached to an aromatic ring is 1. The predicted octanol–water partition coefficient (Wildman–Crippen LogP) is 3.25. The van der Waals surface area contributed by atoms with Gasteiger partial charge in [-0.15, -0.1) is 0 Å². The summed E-state index contributed by atoms with van der Waals surface area (Å²) in [7, 11) is 3.19. The van der Waals surface area contributed by atoms with Gasteiger partial charge in [0.05, 0.1) is 25.5 Å². The van der Waals surface area contributed by atoms with Crippen LogP contribution in [0.3, 0.4) is 0 Å². The number of nitrogens with two attached hydrogens (primary N) is 1. The van der Waals surface area contributed by atoms with E-state index in [1.807, 2.05) is 18.2 Å². The fourth-order valence-electron chi connectivity index (χ4n) is 3.76. The second kappa shape index (κ2) is 8.38. The number of aromatic amines is 1. The summed E-state index contributed by atoms with van der Waals surface area (Å²) in [5.41, 5.74) is 9.57. The highest BCUT2D eigenvalue weighted by Crippen LogP contribution is 2.35. The highest BCUT2D eigenvalue weighted by atomic mass is 35.5. The third-order valence-corrected chi connectivity index (χ3v) is 5.46. The number of benzene rings is 2. The first-order valence-electron chi connectivity index (χ1n) is 9.59. The molecule has 0 amide bonds. The lowest BCUT2D eigenvalue weighted by molar-refractivity contribution is 0.237. The van der Waals surface area contributed by atoms with E-state index in [1.54, 1.807) is 32.4 Å². The van der Waals surface area contributed by atoms with Gasteiger partial charge in [-0.05, 0) is 30.3 Å². The molecule has 1 aliphatic rings. The van der Waals surface area contributed by atoms with Crippen molar-refractivity contribution in [2.75, 3.05) is 26.5 Å². The number of ether oxygens (including phenoxy) is 2. The number of fused-ring (bicyclic) bond motifs is 1. The Hall–Kier alpha value is -3.03. The molecule has 1 aromatic heterocycles. The Morgan fingerprint density at radius 2 is 1.97 bits per heavy atom. The molecular weight excluding hydrogens is 404 g/mol. The molecule has 0 atom stereocenters. The number of methoxy groups -OCH3 is 2. The van der Waals surface area contributed by atoms with Crippen molar-refractivity contribution in [3.63, 3.8) is 0 Å². The van der Waals surface area contributed by atoms with Crippen molar-refractivity contribution in [3.05, 3.63) is 68.6 Å². The zero-order valence-electron chi connectivity index (χ0n) is 16.9. The molecule has 0 saturated heterocycles. The number of nitrogens with zero attached hydrogens (tertiary/aromatic N) is 2. The van der Waals surface area contributed by atoms with Gasteiger partial charge in [0.2, 0.25) is 0 Å². The van der Waals surface area contributed by atoms with Crippen molar-refractivity contribution >= 4 is 17.3 Å². The van der Waals surface area contributed by atoms with Gasteiger partial charge in [-0.1, -0.05) is 11.6 Å². The van der Waals surface area contributed by atoms with Crippen molar-refractivity contribution in [1.82, 2.24) is 14.9 Å². The van der Waals surface area contributed by atoms with Gasteiger partial charge in [-0.25, -0.2) is 4.98 Å². The number of rotatable bonds is 5. The Bertz CT molecular complexity index is 1130. The van der Waals surface area contributed by atoms with Crippen LogP contribution in [0.15, 0.2) is 41.2 Å². The predicted molar refractivity (Wildman–Crippen MR) is 117 cm³/mol. The van der Waals surface area contributed by atoms with Gasteiger partial charge in [0.25, 0.3) is 5.56 Å². The topological polar surface area (TPSA) is 93.5 Å². The second-order valence-corrected chi connectivity index (χ2v) is 7.66. The Labute approximate surface area is 179 Å².